The van der Waals surface area contributed by atoms with E-state index in [2.05, 4.69) is 46.0 Å². The van der Waals surface area contributed by atoms with E-state index in [1.54, 1.807) is 7.11 Å². The summed E-state index contributed by atoms with van der Waals surface area (Å²) in [7, 11) is 1.69. The van der Waals surface area contributed by atoms with Crippen LogP contribution < -0.4 is 5.32 Å². The Morgan fingerprint density at radius 3 is 2.57 bits per heavy atom. The molecule has 0 aliphatic carbocycles. The second-order valence-electron chi connectivity index (χ2n) is 7.35. The summed E-state index contributed by atoms with van der Waals surface area (Å²) >= 11 is 0. The minimum Gasteiger partial charge on any atom is -0.462 e. The maximum atomic E-state index is 5.93. The molecule has 1 aromatic heterocycles. The minimum absolute atomic E-state index is 0.299. The first kappa shape index (κ1) is 18.2. The lowest BCUT2D eigenvalue weighted by atomic mass is 9.82. The Labute approximate surface area is 130 Å². The summed E-state index contributed by atoms with van der Waals surface area (Å²) in [5, 5.41) is 3.62. The SMILES string of the molecule is CCCNC(CC(C)CC(C)(C)C)c1ccc(COC)o1. The van der Waals surface area contributed by atoms with Gasteiger partial charge >= 0.3 is 0 Å². The molecule has 0 aliphatic heterocycles. The van der Waals surface area contributed by atoms with Crippen LogP contribution in [0.25, 0.3) is 0 Å². The summed E-state index contributed by atoms with van der Waals surface area (Å²) < 4.78 is 11.1. The van der Waals surface area contributed by atoms with Gasteiger partial charge in [0.2, 0.25) is 0 Å². The highest BCUT2D eigenvalue weighted by Crippen LogP contribution is 2.31. The lowest BCUT2D eigenvalue weighted by molar-refractivity contribution is 0.160. The fraction of sp³-hybridized carbons (Fsp3) is 0.778. The highest BCUT2D eigenvalue weighted by atomic mass is 16.5. The molecule has 0 aliphatic rings. The maximum Gasteiger partial charge on any atom is 0.129 e. The van der Waals surface area contributed by atoms with Crippen molar-refractivity contribution in [2.24, 2.45) is 11.3 Å². The molecular formula is C18H33NO2. The van der Waals surface area contributed by atoms with Crippen LogP contribution in [0.4, 0.5) is 0 Å². The van der Waals surface area contributed by atoms with Gasteiger partial charge in [0.15, 0.2) is 0 Å². The van der Waals surface area contributed by atoms with Gasteiger partial charge in [-0.2, -0.15) is 0 Å². The van der Waals surface area contributed by atoms with E-state index in [1.807, 2.05) is 6.07 Å². The Morgan fingerprint density at radius 1 is 1.29 bits per heavy atom. The number of methoxy groups -OCH3 is 1. The second kappa shape index (κ2) is 8.60. The van der Waals surface area contributed by atoms with Crippen molar-refractivity contribution in [2.45, 2.75) is 66.5 Å². The van der Waals surface area contributed by atoms with Crippen molar-refractivity contribution in [3.05, 3.63) is 23.7 Å². The van der Waals surface area contributed by atoms with E-state index in [0.29, 0.717) is 24.0 Å². The third-order valence-electron chi connectivity index (χ3n) is 3.55. The second-order valence-corrected chi connectivity index (χ2v) is 7.35. The highest BCUT2D eigenvalue weighted by molar-refractivity contribution is 5.10. The van der Waals surface area contributed by atoms with Gasteiger partial charge in [0.1, 0.15) is 18.1 Å². The van der Waals surface area contributed by atoms with E-state index >= 15 is 0 Å². The Bertz CT molecular complexity index is 392. The molecule has 0 radical (unpaired) electrons. The van der Waals surface area contributed by atoms with Gasteiger partial charge in [-0.25, -0.2) is 0 Å². The largest absolute Gasteiger partial charge is 0.462 e. The van der Waals surface area contributed by atoms with Gasteiger partial charge in [-0.05, 0) is 49.3 Å². The predicted molar refractivity (Wildman–Crippen MR) is 88.3 cm³/mol. The average Bonchev–Trinajstić information content (AvgIpc) is 2.81. The minimum atomic E-state index is 0.299. The summed E-state index contributed by atoms with van der Waals surface area (Å²) in [6, 6.07) is 4.41. The molecule has 3 nitrogen and oxygen atoms in total. The van der Waals surface area contributed by atoms with E-state index in [1.165, 1.54) is 6.42 Å². The lowest BCUT2D eigenvalue weighted by Gasteiger charge is -2.26. The molecule has 1 N–H and O–H groups in total. The van der Waals surface area contributed by atoms with Gasteiger partial charge in [-0.1, -0.05) is 34.6 Å². The van der Waals surface area contributed by atoms with E-state index in [0.717, 1.165) is 30.9 Å². The Hall–Kier alpha value is -0.800. The van der Waals surface area contributed by atoms with Crippen LogP contribution in [-0.4, -0.2) is 13.7 Å². The van der Waals surface area contributed by atoms with E-state index in [9.17, 15) is 0 Å². The molecule has 0 saturated heterocycles. The van der Waals surface area contributed by atoms with Crippen molar-refractivity contribution in [2.75, 3.05) is 13.7 Å². The van der Waals surface area contributed by atoms with E-state index in [-0.39, 0.29) is 0 Å². The van der Waals surface area contributed by atoms with Crippen molar-refractivity contribution < 1.29 is 9.15 Å². The summed E-state index contributed by atoms with van der Waals surface area (Å²) in [4.78, 5) is 0. The molecule has 1 rings (SSSR count). The van der Waals surface area contributed by atoms with Crippen LogP contribution in [0.1, 0.15) is 71.4 Å². The molecule has 0 fully saturated rings. The molecule has 3 heteroatoms. The predicted octanol–water partition coefficient (Wildman–Crippen LogP) is 4.93. The average molecular weight is 295 g/mol. The summed E-state index contributed by atoms with van der Waals surface area (Å²) in [5.41, 5.74) is 0.374. The Morgan fingerprint density at radius 2 is 2.00 bits per heavy atom. The molecule has 1 aromatic rings. The molecule has 2 atom stereocenters. The van der Waals surface area contributed by atoms with Crippen molar-refractivity contribution in [3.63, 3.8) is 0 Å². The van der Waals surface area contributed by atoms with Gasteiger partial charge in [0, 0.05) is 7.11 Å². The quantitative estimate of drug-likeness (QED) is 0.701. The monoisotopic (exact) mass is 295 g/mol. The number of ether oxygens (including phenoxy) is 1. The number of furan rings is 1. The van der Waals surface area contributed by atoms with Gasteiger partial charge < -0.3 is 14.5 Å². The summed E-state index contributed by atoms with van der Waals surface area (Å²) in [6.45, 7) is 13.0. The fourth-order valence-corrected chi connectivity index (χ4v) is 2.95. The molecule has 21 heavy (non-hydrogen) atoms. The van der Waals surface area contributed by atoms with Crippen LogP contribution in [0.5, 0.6) is 0 Å². The zero-order valence-corrected chi connectivity index (χ0v) is 14.7. The molecule has 1 heterocycles. The summed E-state index contributed by atoms with van der Waals surface area (Å²) in [5.74, 6) is 2.60. The number of hydrogen-bond donors (Lipinski definition) is 1. The Balaban J connectivity index is 2.69. The molecule has 0 amide bonds. The molecule has 122 valence electrons. The standard InChI is InChI=1S/C18H33NO2/c1-7-10-19-16(11-14(2)12-18(3,4)5)17-9-8-15(21-17)13-20-6/h8-9,14,16,19H,7,10-13H2,1-6H3. The van der Waals surface area contributed by atoms with Gasteiger partial charge in [0.25, 0.3) is 0 Å². The first-order chi connectivity index (χ1) is 9.85. The molecule has 0 bridgehead atoms. The van der Waals surface area contributed by atoms with Crippen LogP contribution in [0.2, 0.25) is 0 Å². The summed E-state index contributed by atoms with van der Waals surface area (Å²) in [6.07, 6.45) is 3.47. The smallest absolute Gasteiger partial charge is 0.129 e. The third-order valence-corrected chi connectivity index (χ3v) is 3.55. The fourth-order valence-electron chi connectivity index (χ4n) is 2.95. The van der Waals surface area contributed by atoms with Gasteiger partial charge in [-0.3, -0.25) is 0 Å². The van der Waals surface area contributed by atoms with Crippen LogP contribution >= 0.6 is 0 Å². The molecule has 2 unspecified atom stereocenters. The van der Waals surface area contributed by atoms with Crippen LogP contribution in [0.15, 0.2) is 16.5 Å². The van der Waals surface area contributed by atoms with Crippen LogP contribution in [0.3, 0.4) is 0 Å². The lowest BCUT2D eigenvalue weighted by Crippen LogP contribution is -2.25. The third kappa shape index (κ3) is 7.14. The van der Waals surface area contributed by atoms with Crippen molar-refractivity contribution in [1.29, 1.82) is 0 Å². The molecule has 0 spiro atoms. The molecule has 0 aromatic carbocycles. The van der Waals surface area contributed by atoms with E-state index < -0.39 is 0 Å². The molecule has 0 saturated carbocycles. The van der Waals surface area contributed by atoms with Gasteiger partial charge in [-0.15, -0.1) is 0 Å². The zero-order chi connectivity index (χ0) is 15.9. The van der Waals surface area contributed by atoms with Crippen LogP contribution in [-0.2, 0) is 11.3 Å². The van der Waals surface area contributed by atoms with Crippen molar-refractivity contribution in [1.82, 2.24) is 5.32 Å². The normalized spacial score (nSPS) is 15.1. The van der Waals surface area contributed by atoms with Crippen molar-refractivity contribution >= 4 is 0 Å². The number of hydrogen-bond acceptors (Lipinski definition) is 3. The highest BCUT2D eigenvalue weighted by Gasteiger charge is 2.22. The van der Waals surface area contributed by atoms with Gasteiger partial charge in [0.05, 0.1) is 6.04 Å². The maximum absolute atomic E-state index is 5.93. The van der Waals surface area contributed by atoms with E-state index in [4.69, 9.17) is 9.15 Å². The Kier molecular flexibility index (Phi) is 7.47. The zero-order valence-electron chi connectivity index (χ0n) is 14.7. The first-order valence-electron chi connectivity index (χ1n) is 8.16. The van der Waals surface area contributed by atoms with Crippen LogP contribution in [0, 0.1) is 11.3 Å². The first-order valence-corrected chi connectivity index (χ1v) is 8.16. The van der Waals surface area contributed by atoms with Crippen molar-refractivity contribution in [3.8, 4) is 0 Å². The number of nitrogens with one attached hydrogen (secondary N) is 1. The molecular weight excluding hydrogens is 262 g/mol. The number of rotatable bonds is 9. The topological polar surface area (TPSA) is 34.4 Å².